The molecule has 33 heavy (non-hydrogen) atoms. The van der Waals surface area contributed by atoms with Crippen LogP contribution < -0.4 is 0 Å². The lowest BCUT2D eigenvalue weighted by atomic mass is 9.37. The van der Waals surface area contributed by atoms with E-state index < -0.39 is 0 Å². The average Bonchev–Trinajstić information content (AvgIpc) is 3.31. The molecular weight excluding hydrogens is 408 g/mol. The molecule has 0 radical (unpaired) electrons. The number of carbonyl (C=O) groups excluding carboxylic acids is 1. The molecule has 1 N–H and O–H groups in total. The molecule has 0 aromatic heterocycles. The second-order valence-electron chi connectivity index (χ2n) is 13.8. The lowest BCUT2D eigenvalue weighted by Crippen LogP contribution is -2.64. The SMILES string of the molecule is CC(C)=C[C@@H]1C[C@@H]([C@@H]2CC=C3[C@]4(C)[C@H](O)C[C@H]5C(C)(C)C(=O)CC[C@]5(C)[C@H]4CC[C@]32C)CO1. The molecule has 0 aromatic rings. The van der Waals surface area contributed by atoms with Gasteiger partial charge in [0.15, 0.2) is 0 Å². The second-order valence-corrected chi connectivity index (χ2v) is 13.8. The highest BCUT2D eigenvalue weighted by Crippen LogP contribution is 2.73. The number of hydrogen-bond acceptors (Lipinski definition) is 3. The number of rotatable bonds is 2. The number of Topliss-reactive ketones (excluding diaryl/α,β-unsaturated/α-hetero) is 1. The lowest BCUT2D eigenvalue weighted by Gasteiger charge is -2.67. The van der Waals surface area contributed by atoms with E-state index in [1.165, 1.54) is 18.4 Å². The van der Waals surface area contributed by atoms with E-state index in [1.807, 2.05) is 0 Å². The van der Waals surface area contributed by atoms with Gasteiger partial charge in [-0.25, -0.2) is 0 Å². The third-order valence-corrected chi connectivity index (χ3v) is 11.6. The van der Waals surface area contributed by atoms with E-state index in [1.54, 1.807) is 5.57 Å². The first kappa shape index (κ1) is 23.8. The van der Waals surface area contributed by atoms with Gasteiger partial charge in [0, 0.05) is 17.3 Å². The topological polar surface area (TPSA) is 46.5 Å². The molecule has 0 bridgehead atoms. The van der Waals surface area contributed by atoms with E-state index in [0.717, 1.165) is 32.3 Å². The quantitative estimate of drug-likeness (QED) is 0.484. The number of aliphatic hydroxyl groups excluding tert-OH is 1. The van der Waals surface area contributed by atoms with Crippen molar-refractivity contribution in [2.45, 2.75) is 106 Å². The van der Waals surface area contributed by atoms with Crippen LogP contribution in [0, 0.1) is 45.3 Å². The van der Waals surface area contributed by atoms with Crippen molar-refractivity contribution in [1.82, 2.24) is 0 Å². The zero-order chi connectivity index (χ0) is 24.0. The number of fused-ring (bicyclic) bond motifs is 5. The summed E-state index contributed by atoms with van der Waals surface area (Å²) in [5.74, 6) is 2.33. The lowest BCUT2D eigenvalue weighted by molar-refractivity contribution is -0.191. The van der Waals surface area contributed by atoms with Crippen LogP contribution in [-0.2, 0) is 9.53 Å². The van der Waals surface area contributed by atoms with Gasteiger partial charge >= 0.3 is 0 Å². The Kier molecular flexibility index (Phi) is 5.43. The molecule has 3 heteroatoms. The molecule has 9 atom stereocenters. The van der Waals surface area contributed by atoms with Crippen LogP contribution in [0.15, 0.2) is 23.3 Å². The third-order valence-electron chi connectivity index (χ3n) is 11.6. The Morgan fingerprint density at radius 2 is 1.82 bits per heavy atom. The van der Waals surface area contributed by atoms with E-state index in [2.05, 4.69) is 60.6 Å². The molecule has 4 fully saturated rings. The standard InChI is InChI=1S/C30H46O3/c1-18(2)14-20-15-19(17-33-20)21-8-9-22-28(21,5)12-10-23-29(6)13-11-25(31)27(3,4)24(29)16-26(32)30(22,23)7/h9,14,19-21,23-24,26,32H,8,10-13,15-17H2,1-7H3/t19-,20-,21+,23-,24+,26-,28+,29-,30+/m1/s1. The van der Waals surface area contributed by atoms with Crippen molar-refractivity contribution < 1.29 is 14.6 Å². The molecule has 0 spiro atoms. The second kappa shape index (κ2) is 7.53. The molecular formula is C30H46O3. The van der Waals surface area contributed by atoms with Gasteiger partial charge < -0.3 is 9.84 Å². The van der Waals surface area contributed by atoms with Crippen LogP contribution >= 0.6 is 0 Å². The van der Waals surface area contributed by atoms with Crippen LogP contribution in [0.25, 0.3) is 0 Å². The van der Waals surface area contributed by atoms with Crippen LogP contribution in [0.2, 0.25) is 0 Å². The molecule has 184 valence electrons. The van der Waals surface area contributed by atoms with E-state index in [4.69, 9.17) is 4.74 Å². The molecule has 4 aliphatic carbocycles. The van der Waals surface area contributed by atoms with Gasteiger partial charge in [-0.15, -0.1) is 0 Å². The summed E-state index contributed by atoms with van der Waals surface area (Å²) < 4.78 is 6.21. The van der Waals surface area contributed by atoms with Crippen LogP contribution in [0.3, 0.4) is 0 Å². The van der Waals surface area contributed by atoms with E-state index >= 15 is 0 Å². The molecule has 3 saturated carbocycles. The molecule has 1 aliphatic heterocycles. The predicted molar refractivity (Wildman–Crippen MR) is 133 cm³/mol. The molecule has 5 aliphatic rings. The summed E-state index contributed by atoms with van der Waals surface area (Å²) in [6.45, 7) is 16.8. The predicted octanol–water partition coefficient (Wildman–Crippen LogP) is 6.50. The summed E-state index contributed by atoms with van der Waals surface area (Å²) >= 11 is 0. The van der Waals surface area contributed by atoms with Crippen LogP contribution in [0.5, 0.6) is 0 Å². The van der Waals surface area contributed by atoms with Crippen molar-refractivity contribution in [1.29, 1.82) is 0 Å². The summed E-state index contributed by atoms with van der Waals surface area (Å²) in [7, 11) is 0. The Labute approximate surface area is 201 Å². The molecule has 0 amide bonds. The van der Waals surface area contributed by atoms with Crippen molar-refractivity contribution in [2.24, 2.45) is 45.3 Å². The first-order chi connectivity index (χ1) is 15.3. The van der Waals surface area contributed by atoms with Gasteiger partial charge in [-0.3, -0.25) is 4.79 Å². The van der Waals surface area contributed by atoms with Crippen molar-refractivity contribution in [3.63, 3.8) is 0 Å². The Hall–Kier alpha value is -0.930. The number of ether oxygens (including phenoxy) is 1. The monoisotopic (exact) mass is 454 g/mol. The van der Waals surface area contributed by atoms with Gasteiger partial charge in [0.1, 0.15) is 5.78 Å². The summed E-state index contributed by atoms with van der Waals surface area (Å²) in [4.78, 5) is 12.9. The minimum absolute atomic E-state index is 0.122. The minimum atomic E-state index is -0.367. The van der Waals surface area contributed by atoms with Crippen LogP contribution in [0.4, 0.5) is 0 Å². The Bertz CT molecular complexity index is 894. The number of aliphatic hydroxyl groups is 1. The number of ketones is 1. The van der Waals surface area contributed by atoms with Crippen molar-refractivity contribution in [3.8, 4) is 0 Å². The van der Waals surface area contributed by atoms with Gasteiger partial charge in [0.2, 0.25) is 0 Å². The normalized spacial score (nSPS) is 50.8. The van der Waals surface area contributed by atoms with Gasteiger partial charge in [-0.2, -0.15) is 0 Å². The summed E-state index contributed by atoms with van der Waals surface area (Å²) in [6.07, 6.45) is 11.8. The summed E-state index contributed by atoms with van der Waals surface area (Å²) in [6, 6.07) is 0. The largest absolute Gasteiger partial charge is 0.392 e. The Morgan fingerprint density at radius 1 is 1.09 bits per heavy atom. The zero-order valence-corrected chi connectivity index (χ0v) is 22.0. The third kappa shape index (κ3) is 3.17. The average molecular weight is 455 g/mol. The van der Waals surface area contributed by atoms with Crippen molar-refractivity contribution >= 4 is 5.78 Å². The molecule has 1 saturated heterocycles. The fraction of sp³-hybridized carbons (Fsp3) is 0.833. The molecule has 5 rings (SSSR count). The van der Waals surface area contributed by atoms with Gasteiger partial charge in [-0.1, -0.05) is 57.9 Å². The summed E-state index contributed by atoms with van der Waals surface area (Å²) in [5.41, 5.74) is 2.65. The maximum absolute atomic E-state index is 12.9. The van der Waals surface area contributed by atoms with Crippen molar-refractivity contribution in [3.05, 3.63) is 23.3 Å². The van der Waals surface area contributed by atoms with Crippen LogP contribution in [0.1, 0.15) is 93.4 Å². The van der Waals surface area contributed by atoms with Crippen LogP contribution in [-0.4, -0.2) is 29.7 Å². The van der Waals surface area contributed by atoms with Crippen molar-refractivity contribution in [2.75, 3.05) is 6.61 Å². The highest BCUT2D eigenvalue weighted by molar-refractivity contribution is 5.85. The fourth-order valence-corrected chi connectivity index (χ4v) is 9.96. The summed E-state index contributed by atoms with van der Waals surface area (Å²) in [5, 5.41) is 11.8. The zero-order valence-electron chi connectivity index (χ0n) is 22.0. The number of allylic oxidation sites excluding steroid dienone is 2. The maximum atomic E-state index is 12.9. The number of hydrogen-bond donors (Lipinski definition) is 1. The Balaban J connectivity index is 1.46. The highest BCUT2D eigenvalue weighted by atomic mass is 16.5. The van der Waals surface area contributed by atoms with Gasteiger partial charge in [0.05, 0.1) is 18.8 Å². The molecule has 3 nitrogen and oxygen atoms in total. The van der Waals surface area contributed by atoms with E-state index in [-0.39, 0.29) is 39.8 Å². The maximum Gasteiger partial charge on any atom is 0.138 e. The van der Waals surface area contributed by atoms with Gasteiger partial charge in [-0.05, 0) is 86.9 Å². The fourth-order valence-electron chi connectivity index (χ4n) is 9.96. The smallest absolute Gasteiger partial charge is 0.138 e. The molecule has 0 aromatic carbocycles. The molecule has 0 unspecified atom stereocenters. The number of carbonyl (C=O) groups is 1. The first-order valence-corrected chi connectivity index (χ1v) is 13.5. The Morgan fingerprint density at radius 3 is 2.52 bits per heavy atom. The molecule has 1 heterocycles. The van der Waals surface area contributed by atoms with Gasteiger partial charge in [0.25, 0.3) is 0 Å². The highest BCUT2D eigenvalue weighted by Gasteiger charge is 2.68. The minimum Gasteiger partial charge on any atom is -0.392 e. The van der Waals surface area contributed by atoms with E-state index in [9.17, 15) is 9.90 Å². The van der Waals surface area contributed by atoms with E-state index in [0.29, 0.717) is 30.0 Å². The first-order valence-electron chi connectivity index (χ1n) is 13.5.